The summed E-state index contributed by atoms with van der Waals surface area (Å²) in [4.78, 5) is 0.0822. The molecular weight excluding hydrogens is 324 g/mol. The molecule has 0 heterocycles. The Balaban J connectivity index is 1.74. The van der Waals surface area contributed by atoms with Gasteiger partial charge in [0.2, 0.25) is 0 Å². The van der Waals surface area contributed by atoms with Crippen molar-refractivity contribution in [1.29, 1.82) is 0 Å². The lowest BCUT2D eigenvalue weighted by molar-refractivity contribution is 0.111. The van der Waals surface area contributed by atoms with Crippen molar-refractivity contribution in [3.63, 3.8) is 0 Å². The molecule has 0 amide bonds. The van der Waals surface area contributed by atoms with E-state index in [9.17, 15) is 13.5 Å². The molecule has 1 N–H and O–H groups in total. The predicted molar refractivity (Wildman–Crippen MR) is 93.2 cm³/mol. The van der Waals surface area contributed by atoms with Gasteiger partial charge in [0, 0.05) is 0 Å². The zero-order valence-corrected chi connectivity index (χ0v) is 14.0. The third-order valence-corrected chi connectivity index (χ3v) is 5.14. The molecular formula is C19H18O4S. The average molecular weight is 342 g/mol. The van der Waals surface area contributed by atoms with Crippen LogP contribution in [0.25, 0.3) is 10.8 Å². The largest absolute Gasteiger partial charge is 0.386 e. The van der Waals surface area contributed by atoms with Crippen LogP contribution in [0.5, 0.6) is 0 Å². The molecule has 0 aliphatic carbocycles. The van der Waals surface area contributed by atoms with Gasteiger partial charge in [-0.25, -0.2) is 0 Å². The first-order valence-corrected chi connectivity index (χ1v) is 8.99. The quantitative estimate of drug-likeness (QED) is 0.720. The van der Waals surface area contributed by atoms with Crippen molar-refractivity contribution in [3.8, 4) is 0 Å². The summed E-state index contributed by atoms with van der Waals surface area (Å²) in [5.41, 5.74) is 1.58. The average Bonchev–Trinajstić information content (AvgIpc) is 2.59. The molecule has 0 spiro atoms. The Morgan fingerprint density at radius 1 is 0.958 bits per heavy atom. The van der Waals surface area contributed by atoms with Crippen LogP contribution in [0.4, 0.5) is 0 Å². The predicted octanol–water partition coefficient (Wildman–Crippen LogP) is 3.59. The van der Waals surface area contributed by atoms with E-state index in [0.717, 1.165) is 16.3 Å². The molecule has 0 aromatic heterocycles. The normalized spacial score (nSPS) is 13.1. The van der Waals surface area contributed by atoms with Crippen molar-refractivity contribution in [2.75, 3.05) is 6.61 Å². The summed E-state index contributed by atoms with van der Waals surface area (Å²) < 4.78 is 29.3. The van der Waals surface area contributed by atoms with Crippen molar-refractivity contribution in [1.82, 2.24) is 0 Å². The molecule has 3 aromatic rings. The van der Waals surface area contributed by atoms with Crippen LogP contribution >= 0.6 is 0 Å². The summed E-state index contributed by atoms with van der Waals surface area (Å²) in [5, 5.41) is 12.3. The zero-order chi connectivity index (χ0) is 17.2. The molecule has 0 radical (unpaired) electrons. The number of aliphatic hydroxyl groups excluding tert-OH is 1. The molecule has 0 saturated carbocycles. The maximum Gasteiger partial charge on any atom is 0.297 e. The molecule has 3 aromatic carbocycles. The molecule has 0 bridgehead atoms. The third-order valence-electron chi connectivity index (χ3n) is 3.85. The van der Waals surface area contributed by atoms with E-state index >= 15 is 0 Å². The first-order chi connectivity index (χ1) is 11.5. The van der Waals surface area contributed by atoms with Crippen LogP contribution in [0.2, 0.25) is 0 Å². The van der Waals surface area contributed by atoms with Gasteiger partial charge in [0.25, 0.3) is 10.1 Å². The summed E-state index contributed by atoms with van der Waals surface area (Å²) >= 11 is 0. The Bertz CT molecular complexity index is 947. The Morgan fingerprint density at radius 2 is 1.62 bits per heavy atom. The highest BCUT2D eigenvalue weighted by Gasteiger charge is 2.18. The number of hydrogen-bond donors (Lipinski definition) is 1. The van der Waals surface area contributed by atoms with Crippen LogP contribution in [0.15, 0.2) is 71.6 Å². The van der Waals surface area contributed by atoms with Crippen LogP contribution in [0.1, 0.15) is 17.2 Å². The molecule has 0 unspecified atom stereocenters. The molecule has 0 fully saturated rings. The van der Waals surface area contributed by atoms with E-state index in [1.54, 1.807) is 18.2 Å². The van der Waals surface area contributed by atoms with Crippen molar-refractivity contribution < 1.29 is 17.7 Å². The molecule has 0 aliphatic rings. The van der Waals surface area contributed by atoms with Crippen LogP contribution in [-0.4, -0.2) is 20.1 Å². The first-order valence-electron chi connectivity index (χ1n) is 7.58. The number of hydrogen-bond acceptors (Lipinski definition) is 4. The lowest BCUT2D eigenvalue weighted by Crippen LogP contribution is -2.13. The van der Waals surface area contributed by atoms with Gasteiger partial charge < -0.3 is 5.11 Å². The van der Waals surface area contributed by atoms with Gasteiger partial charge >= 0.3 is 0 Å². The minimum Gasteiger partial charge on any atom is -0.386 e. The molecule has 5 heteroatoms. The lowest BCUT2D eigenvalue weighted by atomic mass is 10.0. The fraction of sp³-hybridized carbons (Fsp3) is 0.158. The summed E-state index contributed by atoms with van der Waals surface area (Å²) in [7, 11) is -3.88. The Hall–Kier alpha value is -2.21. The smallest absolute Gasteiger partial charge is 0.297 e. The maximum atomic E-state index is 12.2. The minimum absolute atomic E-state index is 0.0822. The lowest BCUT2D eigenvalue weighted by Gasteiger charge is -2.13. The SMILES string of the molecule is Cc1ccc(S(=O)(=O)OC[C@H](O)c2ccc3ccccc3c2)cc1. The van der Waals surface area contributed by atoms with E-state index in [-0.39, 0.29) is 11.5 Å². The van der Waals surface area contributed by atoms with E-state index in [1.807, 2.05) is 43.3 Å². The van der Waals surface area contributed by atoms with Gasteiger partial charge in [-0.1, -0.05) is 54.1 Å². The summed E-state index contributed by atoms with van der Waals surface area (Å²) in [6, 6.07) is 19.7. The van der Waals surface area contributed by atoms with E-state index in [2.05, 4.69) is 0 Å². The highest BCUT2D eigenvalue weighted by molar-refractivity contribution is 7.86. The van der Waals surface area contributed by atoms with E-state index in [0.29, 0.717) is 5.56 Å². The third kappa shape index (κ3) is 3.64. The van der Waals surface area contributed by atoms with Crippen LogP contribution in [0.3, 0.4) is 0 Å². The Morgan fingerprint density at radius 3 is 2.33 bits per heavy atom. The van der Waals surface area contributed by atoms with Crippen molar-refractivity contribution in [2.45, 2.75) is 17.9 Å². The standard InChI is InChI=1S/C19H18O4S/c1-14-6-10-18(11-7-14)24(21,22)23-13-19(20)17-9-8-15-4-2-3-5-16(15)12-17/h2-12,19-20H,13H2,1H3/t19-/m0/s1. The summed E-state index contributed by atoms with van der Waals surface area (Å²) in [6.07, 6.45) is -1.02. The molecule has 3 rings (SSSR count). The second-order valence-electron chi connectivity index (χ2n) is 5.67. The van der Waals surface area contributed by atoms with Crippen molar-refractivity contribution in [3.05, 3.63) is 77.9 Å². The van der Waals surface area contributed by atoms with Gasteiger partial charge in [-0.05, 0) is 41.5 Å². The highest BCUT2D eigenvalue weighted by atomic mass is 32.2. The van der Waals surface area contributed by atoms with Gasteiger partial charge in [-0.15, -0.1) is 0 Å². The topological polar surface area (TPSA) is 63.6 Å². The minimum atomic E-state index is -3.88. The van der Waals surface area contributed by atoms with Gasteiger partial charge in [-0.2, -0.15) is 8.42 Å². The number of aliphatic hydroxyl groups is 1. The summed E-state index contributed by atoms with van der Waals surface area (Å²) in [5.74, 6) is 0. The van der Waals surface area contributed by atoms with Gasteiger partial charge in [0.15, 0.2) is 0 Å². The van der Waals surface area contributed by atoms with Crippen LogP contribution in [0, 0.1) is 6.92 Å². The Labute approximate surface area is 141 Å². The second kappa shape index (κ2) is 6.73. The van der Waals surface area contributed by atoms with Crippen molar-refractivity contribution in [2.24, 2.45) is 0 Å². The zero-order valence-electron chi connectivity index (χ0n) is 13.2. The van der Waals surface area contributed by atoms with Crippen molar-refractivity contribution >= 4 is 20.9 Å². The van der Waals surface area contributed by atoms with E-state index < -0.39 is 16.2 Å². The first kappa shape index (κ1) is 16.6. The van der Waals surface area contributed by atoms with E-state index in [4.69, 9.17) is 4.18 Å². The fourth-order valence-electron chi connectivity index (χ4n) is 2.44. The number of fused-ring (bicyclic) bond motifs is 1. The Kier molecular flexibility index (Phi) is 4.66. The molecule has 24 heavy (non-hydrogen) atoms. The molecule has 0 saturated heterocycles. The molecule has 4 nitrogen and oxygen atoms in total. The van der Waals surface area contributed by atoms with Gasteiger partial charge in [-0.3, -0.25) is 4.18 Å². The number of aryl methyl sites for hydroxylation is 1. The molecule has 1 atom stereocenters. The number of rotatable bonds is 5. The molecule has 124 valence electrons. The van der Waals surface area contributed by atoms with Crippen LogP contribution in [-0.2, 0) is 14.3 Å². The molecule has 0 aliphatic heterocycles. The second-order valence-corrected chi connectivity index (χ2v) is 7.29. The van der Waals surface area contributed by atoms with E-state index in [1.165, 1.54) is 12.1 Å². The van der Waals surface area contributed by atoms with Gasteiger partial charge in [0.1, 0.15) is 6.10 Å². The van der Waals surface area contributed by atoms with Crippen LogP contribution < -0.4 is 0 Å². The maximum absolute atomic E-state index is 12.2. The summed E-state index contributed by atoms with van der Waals surface area (Å²) in [6.45, 7) is 1.55. The highest BCUT2D eigenvalue weighted by Crippen LogP contribution is 2.22. The monoisotopic (exact) mass is 342 g/mol. The fourth-order valence-corrected chi connectivity index (χ4v) is 3.35. The van der Waals surface area contributed by atoms with Gasteiger partial charge in [0.05, 0.1) is 11.5 Å². The number of benzene rings is 3.